The molecule has 32 heteroatoms. The van der Waals surface area contributed by atoms with E-state index < -0.39 is 99.2 Å². The number of hydrogen-bond acceptors (Lipinski definition) is 18. The van der Waals surface area contributed by atoms with Gasteiger partial charge in [-0.2, -0.15) is 11.8 Å². The summed E-state index contributed by atoms with van der Waals surface area (Å²) in [6.07, 6.45) is 10.6. The molecule has 1 aliphatic carbocycles. The van der Waals surface area contributed by atoms with Crippen molar-refractivity contribution in [3.63, 3.8) is 0 Å². The monoisotopic (exact) mass is 1260 g/mol. The zero-order chi connectivity index (χ0) is 59.9. The first-order valence-corrected chi connectivity index (χ1v) is 35.6. The number of phosphoric ester groups is 4. The molecule has 0 bridgehead atoms. The van der Waals surface area contributed by atoms with E-state index in [-0.39, 0.29) is 36.9 Å². The lowest BCUT2D eigenvalue weighted by Crippen LogP contribution is -2.65. The van der Waals surface area contributed by atoms with Crippen molar-refractivity contribution < 1.29 is 114 Å². The van der Waals surface area contributed by atoms with Gasteiger partial charge >= 0.3 is 49.3 Å². The van der Waals surface area contributed by atoms with Gasteiger partial charge in [0.15, 0.2) is 6.10 Å². The number of ether oxygens (including phenoxy) is 2. The van der Waals surface area contributed by atoms with Gasteiger partial charge in [-0.15, -0.1) is 0 Å². The molecule has 2 saturated heterocycles. The molecule has 472 valence electrons. The van der Waals surface area contributed by atoms with Crippen LogP contribution in [-0.2, 0) is 64.7 Å². The summed E-state index contributed by atoms with van der Waals surface area (Å²) in [4.78, 5) is 117. The molecule has 27 nitrogen and oxygen atoms in total. The van der Waals surface area contributed by atoms with Crippen LogP contribution in [0.2, 0.25) is 0 Å². The van der Waals surface area contributed by atoms with Gasteiger partial charge in [-0.25, -0.2) is 23.1 Å². The molecule has 0 aromatic carbocycles. The van der Waals surface area contributed by atoms with Crippen molar-refractivity contribution in [1.82, 2.24) is 16.0 Å². The maximum absolute atomic E-state index is 13.3. The van der Waals surface area contributed by atoms with Crippen molar-refractivity contribution in [2.24, 2.45) is 0 Å². The summed E-state index contributed by atoms with van der Waals surface area (Å²) in [5, 5.41) is 31.2. The van der Waals surface area contributed by atoms with Crippen molar-refractivity contribution in [2.45, 2.75) is 247 Å². The minimum atomic E-state index is -5.81. The third-order valence-electron chi connectivity index (χ3n) is 13.8. The van der Waals surface area contributed by atoms with Crippen molar-refractivity contribution in [3.8, 4) is 0 Å². The number of carbonyl (C=O) groups is 4. The number of rotatable bonds is 46. The van der Waals surface area contributed by atoms with E-state index >= 15 is 0 Å². The molecule has 0 aromatic rings. The lowest BCUT2D eigenvalue weighted by molar-refractivity contribution is -0.209. The molecule has 3 rings (SSSR count). The Morgan fingerprint density at radius 3 is 1.62 bits per heavy atom. The van der Waals surface area contributed by atoms with Crippen LogP contribution < -0.4 is 16.0 Å². The van der Waals surface area contributed by atoms with E-state index in [0.717, 1.165) is 108 Å². The normalized spacial score (nSPS) is 24.3. The third-order valence-corrected chi connectivity index (χ3v) is 17.8. The molecule has 1 saturated carbocycles. The topological polar surface area (TPSA) is 419 Å². The zero-order valence-corrected chi connectivity index (χ0v) is 50.8. The molecule has 2 heterocycles. The van der Waals surface area contributed by atoms with Crippen LogP contribution in [0.1, 0.15) is 187 Å². The number of phosphoric acid groups is 4. The predicted molar refractivity (Wildman–Crippen MR) is 297 cm³/mol. The Morgan fingerprint density at radius 2 is 1.07 bits per heavy atom. The van der Waals surface area contributed by atoms with Crippen LogP contribution >= 0.6 is 43.1 Å². The van der Waals surface area contributed by atoms with Gasteiger partial charge in [0.05, 0.1) is 18.7 Å². The number of aliphatic hydroxyl groups is 2. The van der Waals surface area contributed by atoms with E-state index in [1.807, 2.05) is 11.8 Å². The van der Waals surface area contributed by atoms with Gasteiger partial charge in [0.1, 0.15) is 43.2 Å². The average molecular weight is 1260 g/mol. The summed E-state index contributed by atoms with van der Waals surface area (Å²) in [5.74, 6) is -0.512. The van der Waals surface area contributed by atoms with Gasteiger partial charge in [-0.3, -0.25) is 37.0 Å². The number of amides is 3. The summed E-state index contributed by atoms with van der Waals surface area (Å²) in [6.45, 7) is 1.11. The lowest BCUT2D eigenvalue weighted by Gasteiger charge is -2.45. The molecule has 2 aliphatic heterocycles. The number of unbranched alkanes of at least 4 members (excludes halogenated alkanes) is 20. The highest BCUT2D eigenvalue weighted by Gasteiger charge is 2.59. The minimum Gasteiger partial charge on any atom is -0.462 e. The Hall–Kier alpha value is -1.87. The number of thioether (sulfide) groups is 1. The number of nitrogens with one attached hydrogen (secondary N) is 3. The molecular formula is C49H91N3O24P4S. The summed E-state index contributed by atoms with van der Waals surface area (Å²) in [7, 11) is -23.1. The zero-order valence-electron chi connectivity index (χ0n) is 46.4. The summed E-state index contributed by atoms with van der Waals surface area (Å²) < 4.78 is 82.5. The molecule has 3 fully saturated rings. The fourth-order valence-electron chi connectivity index (χ4n) is 9.66. The second-order valence-electron chi connectivity index (χ2n) is 20.8. The molecule has 0 aromatic heterocycles. The molecule has 81 heavy (non-hydrogen) atoms. The highest BCUT2D eigenvalue weighted by atomic mass is 32.2. The van der Waals surface area contributed by atoms with E-state index in [0.29, 0.717) is 37.5 Å². The second kappa shape index (κ2) is 39.0. The molecule has 12 N–H and O–H groups in total. The fourth-order valence-corrected chi connectivity index (χ4v) is 13.9. The maximum atomic E-state index is 13.3. The minimum absolute atomic E-state index is 0.00413. The first kappa shape index (κ1) is 73.4. The lowest BCUT2D eigenvalue weighted by atomic mass is 9.85. The Labute approximate surface area is 479 Å². The standard InChI is InChI=1S/C49H91N3O24P4S/c1-2-3-4-5-6-7-8-9-10-11-12-14-17-20-23-30-40(54)70-33-36(34-71-80(68,69)76-45-43(56)46(73-77(59,60)61)48(75-79(65,66)67)47(44(45)57)74-78(62,63)64)72-41(55)31-24-21-18-15-13-16-19-22-27-32-50-39(53)29-26-25-28-38-42-37(35-81-38)51-49(58)52-42/h9-10,36-38,42-48,56-57H,2-8,11-35H2,1H3,(H,50,53)(H,68,69)(H2,51,52,58)(H2,59,60,61)(H2,62,63,64)(H2,65,66,67)/b10-9-/t36-,37+,38+,42+,43?,44?,45?,46+,47?,48?/m1/s1. The number of aliphatic hydroxyl groups excluding tert-OH is 2. The highest BCUT2D eigenvalue weighted by molar-refractivity contribution is 8.00. The van der Waals surface area contributed by atoms with Gasteiger partial charge in [-0.1, -0.05) is 122 Å². The van der Waals surface area contributed by atoms with Crippen LogP contribution in [0.15, 0.2) is 12.2 Å². The van der Waals surface area contributed by atoms with E-state index in [2.05, 4.69) is 48.6 Å². The van der Waals surface area contributed by atoms with E-state index in [1.165, 1.54) is 38.5 Å². The summed E-state index contributed by atoms with van der Waals surface area (Å²) >= 11 is 1.86. The van der Waals surface area contributed by atoms with Gasteiger partial charge in [0.2, 0.25) is 5.91 Å². The summed E-state index contributed by atoms with van der Waals surface area (Å²) in [6, 6.07) is 0.253. The van der Waals surface area contributed by atoms with Crippen molar-refractivity contribution >= 4 is 66.9 Å². The van der Waals surface area contributed by atoms with Crippen LogP contribution in [0, 0.1) is 0 Å². The second-order valence-corrected chi connectivity index (χ2v) is 27.0. The fraction of sp³-hybridized carbons (Fsp3) is 0.878. The number of urea groups is 1. The Balaban J connectivity index is 1.44. The van der Waals surface area contributed by atoms with E-state index in [4.69, 9.17) is 18.5 Å². The van der Waals surface area contributed by atoms with Crippen LogP contribution in [-0.4, -0.2) is 154 Å². The molecule has 3 aliphatic rings. The number of esters is 2. The number of carbonyl (C=O) groups excluding carboxylic acids is 4. The molecular weight excluding hydrogens is 1170 g/mol. The molecule has 3 amide bonds. The maximum Gasteiger partial charge on any atom is 0.472 e. The Bertz CT molecular complexity index is 2050. The van der Waals surface area contributed by atoms with Crippen molar-refractivity contribution in [1.29, 1.82) is 0 Å². The Morgan fingerprint density at radius 1 is 0.593 bits per heavy atom. The molecule has 0 radical (unpaired) electrons. The average Bonchev–Trinajstić information content (AvgIpc) is 4.05. The van der Waals surface area contributed by atoms with Crippen molar-refractivity contribution in [3.05, 3.63) is 12.2 Å². The van der Waals surface area contributed by atoms with Gasteiger partial charge in [0, 0.05) is 36.8 Å². The summed E-state index contributed by atoms with van der Waals surface area (Å²) in [5.41, 5.74) is 0. The smallest absolute Gasteiger partial charge is 0.462 e. The van der Waals surface area contributed by atoms with Crippen molar-refractivity contribution in [2.75, 3.05) is 25.5 Å². The largest absolute Gasteiger partial charge is 0.472 e. The van der Waals surface area contributed by atoms with Crippen LogP contribution in [0.4, 0.5) is 4.79 Å². The molecule has 0 spiro atoms. The van der Waals surface area contributed by atoms with Crippen LogP contribution in [0.3, 0.4) is 0 Å². The van der Waals surface area contributed by atoms with E-state index in [1.54, 1.807) is 0 Å². The first-order chi connectivity index (χ1) is 38.3. The SMILES string of the molecule is CCCCCCCC/C=C\CCCCCCCC(=O)OC[C@H](COP(=O)(O)OC1C(O)C(OP(=O)(O)O)C(OP(=O)(O)O)[C@@H](OP(=O)(O)O)C1O)OC(=O)CCCCCCCCCCCNC(=O)CCCC[C@@H]1SC[C@@H]2NC(=O)N[C@@H]21. The van der Waals surface area contributed by atoms with Gasteiger partial charge in [0.25, 0.3) is 0 Å². The van der Waals surface area contributed by atoms with Crippen LogP contribution in [0.25, 0.3) is 0 Å². The molecule has 6 unspecified atom stereocenters. The number of allylic oxidation sites excluding steroid dienone is 2. The van der Waals surface area contributed by atoms with Gasteiger partial charge < -0.3 is 69.9 Å². The quantitative estimate of drug-likeness (QED) is 0.00969. The predicted octanol–water partition coefficient (Wildman–Crippen LogP) is 6.89. The van der Waals surface area contributed by atoms with E-state index in [9.17, 15) is 81.9 Å². The number of hydrogen-bond donors (Lipinski definition) is 12. The van der Waals surface area contributed by atoms with Crippen LogP contribution in [0.5, 0.6) is 0 Å². The highest BCUT2D eigenvalue weighted by Crippen LogP contribution is 2.53. The molecule has 11 atom stereocenters. The number of fused-ring (bicyclic) bond motifs is 1. The first-order valence-electron chi connectivity index (χ1n) is 28.5. The Kier molecular flexibility index (Phi) is 35.4. The van der Waals surface area contributed by atoms with Gasteiger partial charge in [-0.05, 0) is 57.8 Å². The third kappa shape index (κ3) is 33.0.